The van der Waals surface area contributed by atoms with Gasteiger partial charge >= 0.3 is 0 Å². The highest BCUT2D eigenvalue weighted by molar-refractivity contribution is 6.43. The molecule has 0 aromatic heterocycles. The number of hydrogen-bond donors (Lipinski definition) is 1. The first-order valence-electron chi connectivity index (χ1n) is 8.62. The fourth-order valence-electron chi connectivity index (χ4n) is 3.10. The molecule has 1 aliphatic heterocycles. The minimum absolute atomic E-state index is 0.0617. The molecule has 0 unspecified atom stereocenters. The molecule has 5 nitrogen and oxygen atoms in total. The first-order chi connectivity index (χ1) is 13.2. The van der Waals surface area contributed by atoms with E-state index >= 15 is 0 Å². The van der Waals surface area contributed by atoms with Crippen LogP contribution in [-0.2, 0) is 4.79 Å². The molecule has 0 aliphatic carbocycles. The second kappa shape index (κ2) is 8.11. The molecule has 0 saturated carbocycles. The van der Waals surface area contributed by atoms with Gasteiger partial charge in [-0.05, 0) is 42.7 Å². The summed E-state index contributed by atoms with van der Waals surface area (Å²) in [6.07, 6.45) is 0.305. The Morgan fingerprint density at radius 1 is 1.00 bits per heavy atom. The van der Waals surface area contributed by atoms with Gasteiger partial charge in [-0.15, -0.1) is 0 Å². The second-order valence-electron chi connectivity index (χ2n) is 6.94. The number of fused-ring (bicyclic) bond motifs is 1. The number of halogens is 3. The summed E-state index contributed by atoms with van der Waals surface area (Å²) in [5, 5.41) is 3.54. The van der Waals surface area contributed by atoms with E-state index in [0.29, 0.717) is 17.1 Å². The van der Waals surface area contributed by atoms with Gasteiger partial charge in [-0.1, -0.05) is 54.7 Å². The summed E-state index contributed by atoms with van der Waals surface area (Å²) in [7, 11) is 0. The van der Waals surface area contributed by atoms with Crippen molar-refractivity contribution in [2.45, 2.75) is 26.3 Å². The Kier molecular flexibility index (Phi) is 5.98. The Hall–Kier alpha value is -2.08. The van der Waals surface area contributed by atoms with Crippen molar-refractivity contribution in [3.05, 3.63) is 62.6 Å². The molecule has 0 fully saturated rings. The summed E-state index contributed by atoms with van der Waals surface area (Å²) in [4.78, 5) is 39.8. The van der Waals surface area contributed by atoms with Crippen LogP contribution in [0.1, 0.15) is 41.0 Å². The minimum atomic E-state index is -0.982. The van der Waals surface area contributed by atoms with Crippen LogP contribution in [0.5, 0.6) is 0 Å². The topological polar surface area (TPSA) is 66.5 Å². The third-order valence-electron chi connectivity index (χ3n) is 4.36. The number of nitrogens with zero attached hydrogens (tertiary/aromatic N) is 1. The first-order valence-corrected chi connectivity index (χ1v) is 9.75. The largest absolute Gasteiger partial charge is 0.324 e. The zero-order valence-corrected chi connectivity index (χ0v) is 17.4. The number of nitrogens with one attached hydrogen (secondary N) is 1. The summed E-state index contributed by atoms with van der Waals surface area (Å²) in [5.41, 5.74) is 0.765. The molecular formula is C20H17Cl3N2O3. The Balaban J connectivity index is 1.94. The highest BCUT2D eigenvalue weighted by atomic mass is 35.5. The van der Waals surface area contributed by atoms with Crippen molar-refractivity contribution in [2.75, 3.05) is 5.32 Å². The van der Waals surface area contributed by atoms with E-state index in [1.807, 2.05) is 13.8 Å². The molecule has 3 rings (SSSR count). The van der Waals surface area contributed by atoms with E-state index in [1.54, 1.807) is 24.3 Å². The van der Waals surface area contributed by atoms with Gasteiger partial charge in [0.25, 0.3) is 11.8 Å². The van der Waals surface area contributed by atoms with Crippen LogP contribution in [0, 0.1) is 5.92 Å². The molecule has 2 aromatic rings. The van der Waals surface area contributed by atoms with E-state index in [2.05, 4.69) is 5.32 Å². The Morgan fingerprint density at radius 3 is 2.07 bits per heavy atom. The summed E-state index contributed by atoms with van der Waals surface area (Å²) in [6.45, 7) is 3.82. The van der Waals surface area contributed by atoms with Crippen LogP contribution in [0.4, 0.5) is 5.69 Å². The van der Waals surface area contributed by atoms with Crippen LogP contribution >= 0.6 is 34.8 Å². The predicted molar refractivity (Wildman–Crippen MR) is 110 cm³/mol. The predicted octanol–water partition coefficient (Wildman–Crippen LogP) is 5.30. The van der Waals surface area contributed by atoms with Crippen molar-refractivity contribution in [3.63, 3.8) is 0 Å². The van der Waals surface area contributed by atoms with Crippen LogP contribution < -0.4 is 5.32 Å². The monoisotopic (exact) mass is 438 g/mol. The van der Waals surface area contributed by atoms with Crippen LogP contribution in [-0.4, -0.2) is 28.7 Å². The van der Waals surface area contributed by atoms with Crippen molar-refractivity contribution in [2.24, 2.45) is 5.92 Å². The number of hydrogen-bond acceptors (Lipinski definition) is 3. The van der Waals surface area contributed by atoms with Crippen LogP contribution in [0.2, 0.25) is 15.1 Å². The summed E-state index contributed by atoms with van der Waals surface area (Å²) < 4.78 is 0. The molecule has 1 aliphatic rings. The van der Waals surface area contributed by atoms with Gasteiger partial charge in [0.1, 0.15) is 6.04 Å². The second-order valence-corrected chi connectivity index (χ2v) is 8.19. The molecule has 2 aromatic carbocycles. The fourth-order valence-corrected chi connectivity index (χ4v) is 3.62. The zero-order valence-electron chi connectivity index (χ0n) is 15.1. The van der Waals surface area contributed by atoms with Gasteiger partial charge in [0.2, 0.25) is 5.91 Å². The van der Waals surface area contributed by atoms with Crippen molar-refractivity contribution in [3.8, 4) is 0 Å². The molecule has 1 atom stereocenters. The zero-order chi connectivity index (χ0) is 20.6. The molecule has 0 saturated heterocycles. The lowest BCUT2D eigenvalue weighted by molar-refractivity contribution is -0.120. The number of rotatable bonds is 5. The van der Waals surface area contributed by atoms with Crippen molar-refractivity contribution in [1.29, 1.82) is 0 Å². The lowest BCUT2D eigenvalue weighted by atomic mass is 10.0. The lowest BCUT2D eigenvalue weighted by Gasteiger charge is -2.26. The van der Waals surface area contributed by atoms with E-state index in [-0.39, 0.29) is 27.1 Å². The molecule has 0 bridgehead atoms. The SMILES string of the molecule is CC(C)C[C@H](C(=O)Nc1cccc(Cl)c1)N1C(=O)c2cc(Cl)c(Cl)cc2C1=O. The van der Waals surface area contributed by atoms with Crippen molar-refractivity contribution < 1.29 is 14.4 Å². The Labute approximate surface area is 177 Å². The van der Waals surface area contributed by atoms with Crippen LogP contribution in [0.3, 0.4) is 0 Å². The Morgan fingerprint density at radius 2 is 1.57 bits per heavy atom. The number of carbonyl (C=O) groups is 3. The van der Waals surface area contributed by atoms with Gasteiger partial charge in [0, 0.05) is 10.7 Å². The molecule has 28 heavy (non-hydrogen) atoms. The maximum absolute atomic E-state index is 13.0. The van der Waals surface area contributed by atoms with Gasteiger partial charge in [-0.25, -0.2) is 0 Å². The molecule has 0 spiro atoms. The molecular weight excluding hydrogens is 423 g/mol. The highest BCUT2D eigenvalue weighted by Crippen LogP contribution is 2.33. The average molecular weight is 440 g/mol. The molecule has 146 valence electrons. The molecule has 3 amide bonds. The molecule has 0 radical (unpaired) electrons. The van der Waals surface area contributed by atoms with Gasteiger partial charge in [-0.2, -0.15) is 0 Å². The number of anilines is 1. The lowest BCUT2D eigenvalue weighted by Crippen LogP contribution is -2.47. The van der Waals surface area contributed by atoms with Crippen LogP contribution in [0.25, 0.3) is 0 Å². The maximum atomic E-state index is 13.0. The van der Waals surface area contributed by atoms with Gasteiger partial charge < -0.3 is 5.32 Å². The molecule has 8 heteroatoms. The van der Waals surface area contributed by atoms with E-state index in [4.69, 9.17) is 34.8 Å². The molecule has 1 N–H and O–H groups in total. The first kappa shape index (κ1) is 20.6. The number of carbonyl (C=O) groups excluding carboxylic acids is 3. The van der Waals surface area contributed by atoms with Gasteiger partial charge in [0.15, 0.2) is 0 Å². The quantitative estimate of drug-likeness (QED) is 0.643. The van der Waals surface area contributed by atoms with E-state index in [1.165, 1.54) is 12.1 Å². The Bertz CT molecular complexity index is 934. The smallest absolute Gasteiger partial charge is 0.262 e. The summed E-state index contributed by atoms with van der Waals surface area (Å²) in [6, 6.07) is 8.39. The van der Waals surface area contributed by atoms with Crippen molar-refractivity contribution >= 4 is 58.2 Å². The number of amides is 3. The minimum Gasteiger partial charge on any atom is -0.324 e. The average Bonchev–Trinajstić information content (AvgIpc) is 2.84. The third kappa shape index (κ3) is 4.02. The highest BCUT2D eigenvalue weighted by Gasteiger charge is 2.43. The standard InChI is InChI=1S/C20H17Cl3N2O3/c1-10(2)6-17(18(26)24-12-5-3-4-11(21)7-12)25-19(27)13-8-15(22)16(23)9-14(13)20(25)28/h3-5,7-10,17H,6H2,1-2H3,(H,24,26)/t17-/m1/s1. The van der Waals surface area contributed by atoms with E-state index < -0.39 is 23.8 Å². The summed E-state index contributed by atoms with van der Waals surface area (Å²) in [5.74, 6) is -1.54. The van der Waals surface area contributed by atoms with E-state index in [0.717, 1.165) is 4.90 Å². The summed E-state index contributed by atoms with van der Waals surface area (Å²) >= 11 is 18.0. The van der Waals surface area contributed by atoms with Crippen molar-refractivity contribution in [1.82, 2.24) is 4.90 Å². The van der Waals surface area contributed by atoms with E-state index in [9.17, 15) is 14.4 Å². The number of benzene rings is 2. The molecule has 1 heterocycles. The number of imide groups is 1. The van der Waals surface area contributed by atoms with Gasteiger partial charge in [0.05, 0.1) is 21.2 Å². The normalized spacial score (nSPS) is 14.4. The van der Waals surface area contributed by atoms with Crippen LogP contribution in [0.15, 0.2) is 36.4 Å². The van der Waals surface area contributed by atoms with Gasteiger partial charge in [-0.3, -0.25) is 19.3 Å². The fraction of sp³-hybridized carbons (Fsp3) is 0.250. The maximum Gasteiger partial charge on any atom is 0.262 e. The third-order valence-corrected chi connectivity index (χ3v) is 5.32.